The van der Waals surface area contributed by atoms with Crippen LogP contribution < -0.4 is 9.47 Å². The molecule has 0 saturated carbocycles. The number of hydrogen-bond acceptors (Lipinski definition) is 3. The van der Waals surface area contributed by atoms with Crippen LogP contribution in [0.3, 0.4) is 0 Å². The molecule has 1 N–H and O–H groups in total. The molecule has 0 radical (unpaired) electrons. The highest BCUT2D eigenvalue weighted by atomic mass is 16.5. The monoisotopic (exact) mass is 268 g/mol. The van der Waals surface area contributed by atoms with Crippen molar-refractivity contribution in [1.82, 2.24) is 0 Å². The molecule has 2 rings (SSSR count). The van der Waals surface area contributed by atoms with Gasteiger partial charge >= 0.3 is 0 Å². The van der Waals surface area contributed by atoms with Crippen molar-refractivity contribution in [2.45, 2.75) is 6.61 Å². The molecule has 0 aliphatic carbocycles. The van der Waals surface area contributed by atoms with Crippen LogP contribution in [0, 0.1) is 11.8 Å². The van der Waals surface area contributed by atoms with Crippen molar-refractivity contribution in [2.75, 3.05) is 13.7 Å². The summed E-state index contributed by atoms with van der Waals surface area (Å²) >= 11 is 0. The molecule has 0 aromatic heterocycles. The Morgan fingerprint density at radius 2 is 1.90 bits per heavy atom. The number of aliphatic hydroxyl groups is 1. The van der Waals surface area contributed by atoms with Crippen molar-refractivity contribution in [1.29, 1.82) is 0 Å². The Labute approximate surface area is 118 Å². The van der Waals surface area contributed by atoms with E-state index in [2.05, 4.69) is 11.8 Å². The van der Waals surface area contributed by atoms with E-state index in [9.17, 15) is 0 Å². The zero-order chi connectivity index (χ0) is 14.2. The fourth-order valence-electron chi connectivity index (χ4n) is 1.76. The number of rotatable bonds is 4. The van der Waals surface area contributed by atoms with E-state index in [1.807, 2.05) is 48.5 Å². The molecule has 102 valence electrons. The second-order valence-corrected chi connectivity index (χ2v) is 4.10. The fraction of sp³-hybridized carbons (Fsp3) is 0.176. The van der Waals surface area contributed by atoms with E-state index >= 15 is 0 Å². The summed E-state index contributed by atoms with van der Waals surface area (Å²) in [5.74, 6) is 7.01. The Morgan fingerprint density at radius 3 is 2.60 bits per heavy atom. The average molecular weight is 268 g/mol. The fourth-order valence-corrected chi connectivity index (χ4v) is 1.76. The van der Waals surface area contributed by atoms with E-state index in [0.29, 0.717) is 12.4 Å². The van der Waals surface area contributed by atoms with Crippen LogP contribution in [-0.4, -0.2) is 18.8 Å². The Morgan fingerprint density at radius 1 is 1.10 bits per heavy atom. The van der Waals surface area contributed by atoms with Crippen LogP contribution in [0.5, 0.6) is 11.5 Å². The lowest BCUT2D eigenvalue weighted by Crippen LogP contribution is -1.97. The summed E-state index contributed by atoms with van der Waals surface area (Å²) in [6, 6.07) is 15.3. The summed E-state index contributed by atoms with van der Waals surface area (Å²) in [7, 11) is 1.60. The lowest BCUT2D eigenvalue weighted by atomic mass is 10.1. The van der Waals surface area contributed by atoms with Crippen LogP contribution in [0.1, 0.15) is 11.1 Å². The number of para-hydroxylation sites is 1. The highest BCUT2D eigenvalue weighted by molar-refractivity contribution is 5.48. The second-order valence-electron chi connectivity index (χ2n) is 4.10. The minimum absolute atomic E-state index is 0.173. The van der Waals surface area contributed by atoms with Gasteiger partial charge in [-0.15, -0.1) is 0 Å². The molecule has 0 heterocycles. The Balaban J connectivity index is 2.12. The molecule has 0 amide bonds. The van der Waals surface area contributed by atoms with Crippen molar-refractivity contribution in [3.05, 3.63) is 59.7 Å². The second kappa shape index (κ2) is 7.22. The molecule has 0 aliphatic rings. The van der Waals surface area contributed by atoms with Crippen LogP contribution in [0.4, 0.5) is 0 Å². The van der Waals surface area contributed by atoms with Gasteiger partial charge in [0.05, 0.1) is 12.7 Å². The van der Waals surface area contributed by atoms with E-state index in [0.717, 1.165) is 16.9 Å². The van der Waals surface area contributed by atoms with Gasteiger partial charge in [-0.2, -0.15) is 0 Å². The zero-order valence-electron chi connectivity index (χ0n) is 11.3. The highest BCUT2D eigenvalue weighted by Gasteiger charge is 2.03. The van der Waals surface area contributed by atoms with Crippen LogP contribution >= 0.6 is 0 Å². The average Bonchev–Trinajstić information content (AvgIpc) is 2.52. The molecule has 0 atom stereocenters. The molecule has 0 aliphatic heterocycles. The largest absolute Gasteiger partial charge is 0.495 e. The van der Waals surface area contributed by atoms with E-state index in [-0.39, 0.29) is 6.61 Å². The van der Waals surface area contributed by atoms with Crippen LogP contribution in [0.2, 0.25) is 0 Å². The Kier molecular flexibility index (Phi) is 5.05. The number of hydrogen-bond donors (Lipinski definition) is 1. The SMILES string of the molecule is COc1ccc(COc2ccccc2)cc1C#CCO. The molecule has 3 nitrogen and oxygen atoms in total. The molecular formula is C17H16O3. The first-order valence-electron chi connectivity index (χ1n) is 6.28. The first kappa shape index (κ1) is 14.0. The quantitative estimate of drug-likeness (QED) is 0.866. The van der Waals surface area contributed by atoms with Crippen molar-refractivity contribution in [3.8, 4) is 23.3 Å². The standard InChI is InChI=1S/C17H16O3/c1-19-17-10-9-14(12-15(17)6-5-11-18)13-20-16-7-3-2-4-8-16/h2-4,7-10,12,18H,11,13H2,1H3. The Hall–Kier alpha value is -2.44. The minimum atomic E-state index is -0.173. The van der Waals surface area contributed by atoms with Crippen molar-refractivity contribution >= 4 is 0 Å². The molecule has 3 heteroatoms. The maximum absolute atomic E-state index is 8.77. The Bertz CT molecular complexity index is 609. The predicted octanol–water partition coefficient (Wildman–Crippen LogP) is 2.62. The smallest absolute Gasteiger partial charge is 0.134 e. The van der Waals surface area contributed by atoms with Gasteiger partial charge in [-0.3, -0.25) is 0 Å². The summed E-state index contributed by atoms with van der Waals surface area (Å²) < 4.78 is 10.9. The molecule has 2 aromatic rings. The zero-order valence-corrected chi connectivity index (χ0v) is 11.3. The molecule has 0 bridgehead atoms. The lowest BCUT2D eigenvalue weighted by Gasteiger charge is -2.08. The third-order valence-electron chi connectivity index (χ3n) is 2.71. The predicted molar refractivity (Wildman–Crippen MR) is 77.7 cm³/mol. The number of methoxy groups -OCH3 is 1. The summed E-state index contributed by atoms with van der Waals surface area (Å²) in [6.45, 7) is 0.287. The molecule has 2 aromatic carbocycles. The van der Waals surface area contributed by atoms with Gasteiger partial charge in [0.1, 0.15) is 24.7 Å². The van der Waals surface area contributed by atoms with Crippen LogP contribution in [0.15, 0.2) is 48.5 Å². The maximum Gasteiger partial charge on any atom is 0.134 e. The first-order chi connectivity index (χ1) is 9.83. The molecule has 0 unspecified atom stereocenters. The summed E-state index contributed by atoms with van der Waals surface area (Å²) in [5, 5.41) is 8.77. The topological polar surface area (TPSA) is 38.7 Å². The minimum Gasteiger partial charge on any atom is -0.495 e. The van der Waals surface area contributed by atoms with Gasteiger partial charge < -0.3 is 14.6 Å². The van der Waals surface area contributed by atoms with Crippen molar-refractivity contribution < 1.29 is 14.6 Å². The molecule has 0 spiro atoms. The molecule has 0 saturated heterocycles. The highest BCUT2D eigenvalue weighted by Crippen LogP contribution is 2.20. The lowest BCUT2D eigenvalue weighted by molar-refractivity contribution is 0.306. The number of benzene rings is 2. The van der Waals surface area contributed by atoms with Crippen LogP contribution in [0.25, 0.3) is 0 Å². The molecule has 20 heavy (non-hydrogen) atoms. The summed E-state index contributed by atoms with van der Waals surface area (Å²) in [4.78, 5) is 0. The number of aliphatic hydroxyl groups excluding tert-OH is 1. The van der Waals surface area contributed by atoms with Crippen molar-refractivity contribution in [3.63, 3.8) is 0 Å². The summed E-state index contributed by atoms with van der Waals surface area (Å²) in [5.41, 5.74) is 1.74. The van der Waals surface area contributed by atoms with Gasteiger partial charge in [0.25, 0.3) is 0 Å². The summed E-state index contributed by atoms with van der Waals surface area (Å²) in [6.07, 6.45) is 0. The van der Waals surface area contributed by atoms with E-state index in [1.54, 1.807) is 7.11 Å². The van der Waals surface area contributed by atoms with Gasteiger partial charge in [-0.25, -0.2) is 0 Å². The normalized spacial score (nSPS) is 9.50. The van der Waals surface area contributed by atoms with Gasteiger partial charge in [-0.1, -0.05) is 36.1 Å². The van der Waals surface area contributed by atoms with Gasteiger partial charge in [0.15, 0.2) is 0 Å². The number of ether oxygens (including phenoxy) is 2. The van der Waals surface area contributed by atoms with E-state index in [1.165, 1.54) is 0 Å². The van der Waals surface area contributed by atoms with E-state index < -0.39 is 0 Å². The molecular weight excluding hydrogens is 252 g/mol. The molecule has 0 fully saturated rings. The van der Waals surface area contributed by atoms with Crippen molar-refractivity contribution in [2.24, 2.45) is 0 Å². The maximum atomic E-state index is 8.77. The van der Waals surface area contributed by atoms with E-state index in [4.69, 9.17) is 14.6 Å². The van der Waals surface area contributed by atoms with Gasteiger partial charge in [0, 0.05) is 0 Å². The van der Waals surface area contributed by atoms with Gasteiger partial charge in [-0.05, 0) is 29.8 Å². The van der Waals surface area contributed by atoms with Crippen LogP contribution in [-0.2, 0) is 6.61 Å². The third kappa shape index (κ3) is 3.78. The first-order valence-corrected chi connectivity index (χ1v) is 6.28. The van der Waals surface area contributed by atoms with Gasteiger partial charge in [0.2, 0.25) is 0 Å². The third-order valence-corrected chi connectivity index (χ3v) is 2.71.